The number of nitrogens with one attached hydrogen (secondary N) is 1. The zero-order valence-corrected chi connectivity index (χ0v) is 10.1. The fourth-order valence-corrected chi connectivity index (χ4v) is 2.30. The lowest BCUT2D eigenvalue weighted by molar-refractivity contribution is -0.120. The van der Waals surface area contributed by atoms with Crippen molar-refractivity contribution in [2.24, 2.45) is 11.7 Å². The molecular formula is C13H19N3O. The van der Waals surface area contributed by atoms with Gasteiger partial charge in [-0.3, -0.25) is 4.79 Å². The number of nitrogens with two attached hydrogens (primary N) is 1. The third-order valence-corrected chi connectivity index (χ3v) is 3.25. The number of aryl methyl sites for hydroxylation is 1. The Morgan fingerprint density at radius 3 is 3.06 bits per heavy atom. The summed E-state index contributed by atoms with van der Waals surface area (Å²) in [6, 6.07) is 3.96. The topological polar surface area (TPSA) is 68.0 Å². The van der Waals surface area contributed by atoms with E-state index in [1.54, 1.807) is 6.20 Å². The quantitative estimate of drug-likeness (QED) is 0.819. The highest BCUT2D eigenvalue weighted by Crippen LogP contribution is 2.24. The van der Waals surface area contributed by atoms with Crippen LogP contribution in [-0.2, 0) is 4.79 Å². The minimum Gasteiger partial charge on any atom is -0.328 e. The zero-order valence-electron chi connectivity index (χ0n) is 10.1. The number of anilines is 1. The number of carbonyl (C=O) groups is 1. The monoisotopic (exact) mass is 233 g/mol. The number of hydrogen-bond donors (Lipinski definition) is 2. The Morgan fingerprint density at radius 1 is 1.53 bits per heavy atom. The van der Waals surface area contributed by atoms with Gasteiger partial charge in [0.05, 0.1) is 0 Å². The molecular weight excluding hydrogens is 214 g/mol. The first-order chi connectivity index (χ1) is 8.15. The van der Waals surface area contributed by atoms with Crippen LogP contribution in [0.4, 0.5) is 5.82 Å². The number of hydrogen-bond acceptors (Lipinski definition) is 3. The summed E-state index contributed by atoms with van der Waals surface area (Å²) in [4.78, 5) is 16.1. The fourth-order valence-electron chi connectivity index (χ4n) is 2.30. The molecule has 2 rings (SSSR count). The molecule has 1 aliphatic carbocycles. The maximum atomic E-state index is 12.0. The largest absolute Gasteiger partial charge is 0.328 e. The van der Waals surface area contributed by atoms with Crippen molar-refractivity contribution in [3.8, 4) is 0 Å². The molecule has 1 heterocycles. The van der Waals surface area contributed by atoms with Crippen molar-refractivity contribution in [1.29, 1.82) is 0 Å². The van der Waals surface area contributed by atoms with Crippen LogP contribution in [-0.4, -0.2) is 16.9 Å². The van der Waals surface area contributed by atoms with E-state index < -0.39 is 0 Å². The Labute approximate surface area is 102 Å². The molecule has 4 heteroatoms. The number of rotatable bonds is 2. The van der Waals surface area contributed by atoms with Crippen molar-refractivity contribution in [2.45, 2.75) is 38.6 Å². The van der Waals surface area contributed by atoms with E-state index in [0.29, 0.717) is 5.82 Å². The van der Waals surface area contributed by atoms with E-state index in [1.807, 2.05) is 19.1 Å². The van der Waals surface area contributed by atoms with Crippen molar-refractivity contribution in [2.75, 3.05) is 5.32 Å². The SMILES string of the molecule is Cc1ccnc(NC(=O)C2CCCC(N)C2)c1. The minimum absolute atomic E-state index is 0.0427. The second-order valence-electron chi connectivity index (χ2n) is 4.83. The van der Waals surface area contributed by atoms with Crippen LogP contribution >= 0.6 is 0 Å². The zero-order chi connectivity index (χ0) is 12.3. The van der Waals surface area contributed by atoms with E-state index in [9.17, 15) is 4.79 Å². The maximum Gasteiger partial charge on any atom is 0.228 e. The Hall–Kier alpha value is -1.42. The van der Waals surface area contributed by atoms with Crippen LogP contribution in [0.2, 0.25) is 0 Å². The van der Waals surface area contributed by atoms with Gasteiger partial charge < -0.3 is 11.1 Å². The molecule has 1 saturated carbocycles. The summed E-state index contributed by atoms with van der Waals surface area (Å²) in [6.45, 7) is 1.98. The lowest BCUT2D eigenvalue weighted by Gasteiger charge is -2.25. The van der Waals surface area contributed by atoms with Crippen LogP contribution in [0, 0.1) is 12.8 Å². The molecule has 0 radical (unpaired) electrons. The molecule has 1 amide bonds. The maximum absolute atomic E-state index is 12.0. The van der Waals surface area contributed by atoms with Crippen LogP contribution in [0.5, 0.6) is 0 Å². The summed E-state index contributed by atoms with van der Waals surface area (Å²) in [5.41, 5.74) is 6.98. The Bertz CT molecular complexity index is 405. The first-order valence-corrected chi connectivity index (χ1v) is 6.14. The molecule has 0 aliphatic heterocycles. The first-order valence-electron chi connectivity index (χ1n) is 6.14. The molecule has 1 aliphatic rings. The summed E-state index contributed by atoms with van der Waals surface area (Å²) in [6.07, 6.45) is 5.51. The molecule has 92 valence electrons. The highest BCUT2D eigenvalue weighted by Gasteiger charge is 2.25. The number of pyridine rings is 1. The van der Waals surface area contributed by atoms with E-state index in [4.69, 9.17) is 5.73 Å². The van der Waals surface area contributed by atoms with E-state index in [-0.39, 0.29) is 17.9 Å². The molecule has 0 bridgehead atoms. The fraction of sp³-hybridized carbons (Fsp3) is 0.538. The van der Waals surface area contributed by atoms with Crippen LogP contribution in [0.15, 0.2) is 18.3 Å². The average Bonchev–Trinajstić information content (AvgIpc) is 2.29. The van der Waals surface area contributed by atoms with Gasteiger partial charge in [-0.1, -0.05) is 6.42 Å². The van der Waals surface area contributed by atoms with Gasteiger partial charge in [0.15, 0.2) is 0 Å². The van der Waals surface area contributed by atoms with Gasteiger partial charge in [0.25, 0.3) is 0 Å². The summed E-state index contributed by atoms with van der Waals surface area (Å²) in [7, 11) is 0. The molecule has 0 spiro atoms. The number of aromatic nitrogens is 1. The third-order valence-electron chi connectivity index (χ3n) is 3.25. The van der Waals surface area contributed by atoms with Gasteiger partial charge in [-0.2, -0.15) is 0 Å². The molecule has 2 atom stereocenters. The number of nitrogens with zero attached hydrogens (tertiary/aromatic N) is 1. The predicted molar refractivity (Wildman–Crippen MR) is 67.5 cm³/mol. The van der Waals surface area contributed by atoms with Gasteiger partial charge in [0, 0.05) is 18.2 Å². The summed E-state index contributed by atoms with van der Waals surface area (Å²) in [5, 5.41) is 2.87. The van der Waals surface area contributed by atoms with Crippen LogP contribution in [0.3, 0.4) is 0 Å². The summed E-state index contributed by atoms with van der Waals surface area (Å²) in [5.74, 6) is 0.730. The molecule has 0 aromatic carbocycles. The van der Waals surface area contributed by atoms with Crippen molar-refractivity contribution >= 4 is 11.7 Å². The lowest BCUT2D eigenvalue weighted by Crippen LogP contribution is -2.34. The first kappa shape index (κ1) is 12.0. The molecule has 4 nitrogen and oxygen atoms in total. The van der Waals surface area contributed by atoms with Gasteiger partial charge >= 0.3 is 0 Å². The minimum atomic E-state index is 0.0427. The highest BCUT2D eigenvalue weighted by atomic mass is 16.1. The highest BCUT2D eigenvalue weighted by molar-refractivity contribution is 5.91. The second-order valence-corrected chi connectivity index (χ2v) is 4.83. The van der Waals surface area contributed by atoms with Gasteiger partial charge in [-0.25, -0.2) is 4.98 Å². The van der Waals surface area contributed by atoms with E-state index >= 15 is 0 Å². The predicted octanol–water partition coefficient (Wildman–Crippen LogP) is 1.85. The van der Waals surface area contributed by atoms with Gasteiger partial charge in [0.2, 0.25) is 5.91 Å². The number of amides is 1. The Balaban J connectivity index is 1.96. The second kappa shape index (κ2) is 5.27. The van der Waals surface area contributed by atoms with Crippen LogP contribution in [0.1, 0.15) is 31.2 Å². The standard InChI is InChI=1S/C13H19N3O/c1-9-5-6-15-12(7-9)16-13(17)10-3-2-4-11(14)8-10/h5-7,10-11H,2-4,8,14H2,1H3,(H,15,16,17). The van der Waals surface area contributed by atoms with Crippen molar-refractivity contribution in [3.63, 3.8) is 0 Å². The van der Waals surface area contributed by atoms with Gasteiger partial charge in [-0.05, 0) is 43.9 Å². The van der Waals surface area contributed by atoms with E-state index in [2.05, 4.69) is 10.3 Å². The molecule has 2 unspecified atom stereocenters. The Kier molecular flexibility index (Phi) is 3.74. The normalized spacial score (nSPS) is 24.4. The van der Waals surface area contributed by atoms with Crippen LogP contribution in [0.25, 0.3) is 0 Å². The summed E-state index contributed by atoms with van der Waals surface area (Å²) < 4.78 is 0. The van der Waals surface area contributed by atoms with Gasteiger partial charge in [-0.15, -0.1) is 0 Å². The number of carbonyl (C=O) groups excluding carboxylic acids is 1. The van der Waals surface area contributed by atoms with Crippen LogP contribution < -0.4 is 11.1 Å². The van der Waals surface area contributed by atoms with E-state index in [0.717, 1.165) is 31.2 Å². The van der Waals surface area contributed by atoms with Crippen molar-refractivity contribution < 1.29 is 4.79 Å². The van der Waals surface area contributed by atoms with Crippen molar-refractivity contribution in [1.82, 2.24) is 4.98 Å². The summed E-state index contributed by atoms with van der Waals surface area (Å²) >= 11 is 0. The molecule has 1 aromatic heterocycles. The Morgan fingerprint density at radius 2 is 2.35 bits per heavy atom. The smallest absolute Gasteiger partial charge is 0.228 e. The van der Waals surface area contributed by atoms with E-state index in [1.165, 1.54) is 0 Å². The van der Waals surface area contributed by atoms with Crippen molar-refractivity contribution in [3.05, 3.63) is 23.9 Å². The molecule has 1 aromatic rings. The third kappa shape index (κ3) is 3.27. The molecule has 0 saturated heterocycles. The molecule has 1 fully saturated rings. The molecule has 17 heavy (non-hydrogen) atoms. The lowest BCUT2D eigenvalue weighted by atomic mass is 9.85. The molecule has 3 N–H and O–H groups in total. The van der Waals surface area contributed by atoms with Gasteiger partial charge in [0.1, 0.15) is 5.82 Å². The average molecular weight is 233 g/mol.